The second kappa shape index (κ2) is 5.61. The molecular formula is C12H18O3. The highest BCUT2D eigenvalue weighted by molar-refractivity contribution is 5.38. The van der Waals surface area contributed by atoms with E-state index in [9.17, 15) is 5.11 Å². The van der Waals surface area contributed by atoms with Gasteiger partial charge in [-0.05, 0) is 37.5 Å². The highest BCUT2D eigenvalue weighted by atomic mass is 16.5. The number of ether oxygens (including phenoxy) is 2. The quantitative estimate of drug-likeness (QED) is 0.808. The van der Waals surface area contributed by atoms with Gasteiger partial charge in [-0.25, -0.2) is 0 Å². The van der Waals surface area contributed by atoms with Gasteiger partial charge in [-0.15, -0.1) is 0 Å². The number of rotatable bonds is 5. The Morgan fingerprint density at radius 3 is 2.07 bits per heavy atom. The molecule has 1 atom stereocenters. The smallest absolute Gasteiger partial charge is 0.122 e. The lowest BCUT2D eigenvalue weighted by atomic mass is 10.1. The fourth-order valence-electron chi connectivity index (χ4n) is 1.39. The van der Waals surface area contributed by atoms with Crippen molar-refractivity contribution >= 4 is 0 Å². The van der Waals surface area contributed by atoms with Crippen LogP contribution in [0, 0.1) is 0 Å². The minimum Gasteiger partial charge on any atom is -0.497 e. The van der Waals surface area contributed by atoms with E-state index in [-0.39, 0.29) is 6.10 Å². The van der Waals surface area contributed by atoms with Gasteiger partial charge in [0.1, 0.15) is 11.5 Å². The van der Waals surface area contributed by atoms with Crippen molar-refractivity contribution in [2.45, 2.75) is 25.9 Å². The van der Waals surface area contributed by atoms with E-state index in [0.717, 1.165) is 29.9 Å². The first-order chi connectivity index (χ1) is 7.15. The van der Waals surface area contributed by atoms with Gasteiger partial charge in [0, 0.05) is 6.07 Å². The van der Waals surface area contributed by atoms with Crippen LogP contribution in [0.3, 0.4) is 0 Å². The molecule has 0 aliphatic carbocycles. The van der Waals surface area contributed by atoms with E-state index in [1.165, 1.54) is 0 Å². The first-order valence-electron chi connectivity index (χ1n) is 5.05. The molecule has 3 heteroatoms. The Morgan fingerprint density at radius 2 is 1.67 bits per heavy atom. The molecule has 1 aromatic rings. The van der Waals surface area contributed by atoms with E-state index < -0.39 is 0 Å². The Bertz CT molecular complexity index is 285. The molecule has 0 spiro atoms. The van der Waals surface area contributed by atoms with Gasteiger partial charge in [-0.2, -0.15) is 0 Å². The third-order valence-corrected chi connectivity index (χ3v) is 2.26. The second-order valence-corrected chi connectivity index (χ2v) is 3.61. The molecule has 84 valence electrons. The minimum atomic E-state index is -0.276. The minimum absolute atomic E-state index is 0.276. The molecule has 0 radical (unpaired) electrons. The molecular weight excluding hydrogens is 192 g/mol. The van der Waals surface area contributed by atoms with Crippen LogP contribution in [0.25, 0.3) is 0 Å². The van der Waals surface area contributed by atoms with Crippen molar-refractivity contribution in [3.05, 3.63) is 23.8 Å². The lowest BCUT2D eigenvalue weighted by Crippen LogP contribution is -2.01. The van der Waals surface area contributed by atoms with Crippen molar-refractivity contribution in [3.63, 3.8) is 0 Å². The summed E-state index contributed by atoms with van der Waals surface area (Å²) in [7, 11) is 3.26. The maximum Gasteiger partial charge on any atom is 0.122 e. The van der Waals surface area contributed by atoms with Crippen LogP contribution in [-0.2, 0) is 6.42 Å². The fourth-order valence-corrected chi connectivity index (χ4v) is 1.39. The van der Waals surface area contributed by atoms with Crippen LogP contribution in [0.15, 0.2) is 18.2 Å². The summed E-state index contributed by atoms with van der Waals surface area (Å²) in [5, 5.41) is 9.20. The van der Waals surface area contributed by atoms with E-state index in [1.807, 2.05) is 18.2 Å². The lowest BCUT2D eigenvalue weighted by molar-refractivity contribution is 0.185. The molecule has 1 aromatic carbocycles. The molecule has 0 aliphatic rings. The molecule has 0 heterocycles. The zero-order valence-corrected chi connectivity index (χ0v) is 9.49. The van der Waals surface area contributed by atoms with Crippen LogP contribution in [0.5, 0.6) is 11.5 Å². The van der Waals surface area contributed by atoms with Gasteiger partial charge >= 0.3 is 0 Å². The fraction of sp³-hybridized carbons (Fsp3) is 0.500. The lowest BCUT2D eigenvalue weighted by Gasteiger charge is -2.09. The molecule has 0 aliphatic heterocycles. The van der Waals surface area contributed by atoms with E-state index in [2.05, 4.69) is 0 Å². The third-order valence-electron chi connectivity index (χ3n) is 2.26. The highest BCUT2D eigenvalue weighted by Crippen LogP contribution is 2.23. The van der Waals surface area contributed by atoms with Crippen molar-refractivity contribution in [2.24, 2.45) is 0 Å². The summed E-state index contributed by atoms with van der Waals surface area (Å²) < 4.78 is 10.3. The highest BCUT2D eigenvalue weighted by Gasteiger charge is 2.03. The molecule has 0 bridgehead atoms. The molecule has 1 N–H and O–H groups in total. The number of hydrogen-bond donors (Lipinski definition) is 1. The third kappa shape index (κ3) is 3.80. The van der Waals surface area contributed by atoms with Gasteiger partial charge in [-0.1, -0.05) is 0 Å². The topological polar surface area (TPSA) is 38.7 Å². The largest absolute Gasteiger partial charge is 0.497 e. The van der Waals surface area contributed by atoms with Crippen molar-refractivity contribution in [2.75, 3.05) is 14.2 Å². The Balaban J connectivity index is 2.77. The summed E-state index contributed by atoms with van der Waals surface area (Å²) in [5.74, 6) is 1.57. The monoisotopic (exact) mass is 210 g/mol. The van der Waals surface area contributed by atoms with Crippen LogP contribution in [0.1, 0.15) is 18.9 Å². The number of aryl methyl sites for hydroxylation is 1. The van der Waals surface area contributed by atoms with E-state index >= 15 is 0 Å². The number of aliphatic hydroxyl groups is 1. The standard InChI is InChI=1S/C12H18O3/c1-9(13)4-5-10-6-11(14-2)8-12(7-10)15-3/h6-9,13H,4-5H2,1-3H3. The number of hydrogen-bond acceptors (Lipinski definition) is 3. The van der Waals surface area contributed by atoms with Crippen LogP contribution < -0.4 is 9.47 Å². The normalized spacial score (nSPS) is 12.3. The molecule has 0 fully saturated rings. The number of methoxy groups -OCH3 is 2. The Hall–Kier alpha value is -1.22. The summed E-state index contributed by atoms with van der Waals surface area (Å²) in [4.78, 5) is 0. The molecule has 1 unspecified atom stereocenters. The van der Waals surface area contributed by atoms with Gasteiger partial charge in [0.2, 0.25) is 0 Å². The van der Waals surface area contributed by atoms with E-state index in [1.54, 1.807) is 21.1 Å². The summed E-state index contributed by atoms with van der Waals surface area (Å²) in [5.41, 5.74) is 1.12. The van der Waals surface area contributed by atoms with Gasteiger partial charge in [0.25, 0.3) is 0 Å². The molecule has 0 amide bonds. The molecule has 3 nitrogen and oxygen atoms in total. The average Bonchev–Trinajstić information content (AvgIpc) is 2.25. The zero-order valence-electron chi connectivity index (χ0n) is 9.49. The summed E-state index contributed by atoms with van der Waals surface area (Å²) in [6, 6.07) is 5.77. The predicted molar refractivity (Wildman–Crippen MR) is 59.5 cm³/mol. The molecule has 15 heavy (non-hydrogen) atoms. The van der Waals surface area contributed by atoms with Crippen LogP contribution >= 0.6 is 0 Å². The van der Waals surface area contributed by atoms with Crippen LogP contribution in [0.2, 0.25) is 0 Å². The molecule has 1 rings (SSSR count). The number of aliphatic hydroxyl groups excluding tert-OH is 1. The number of benzene rings is 1. The Morgan fingerprint density at radius 1 is 1.13 bits per heavy atom. The van der Waals surface area contributed by atoms with Crippen molar-refractivity contribution in [3.8, 4) is 11.5 Å². The first-order valence-corrected chi connectivity index (χ1v) is 5.05. The van der Waals surface area contributed by atoms with Gasteiger partial charge in [0.15, 0.2) is 0 Å². The van der Waals surface area contributed by atoms with Crippen LogP contribution in [0.4, 0.5) is 0 Å². The van der Waals surface area contributed by atoms with Crippen molar-refractivity contribution in [1.82, 2.24) is 0 Å². The maximum absolute atomic E-state index is 9.20. The second-order valence-electron chi connectivity index (χ2n) is 3.61. The van der Waals surface area contributed by atoms with Crippen LogP contribution in [-0.4, -0.2) is 25.4 Å². The summed E-state index contributed by atoms with van der Waals surface area (Å²) in [6.45, 7) is 1.79. The average molecular weight is 210 g/mol. The van der Waals surface area contributed by atoms with Gasteiger partial charge in [-0.3, -0.25) is 0 Å². The Labute approximate surface area is 90.6 Å². The predicted octanol–water partition coefficient (Wildman–Crippen LogP) is 2.02. The summed E-state index contributed by atoms with van der Waals surface area (Å²) >= 11 is 0. The van der Waals surface area contributed by atoms with Gasteiger partial charge < -0.3 is 14.6 Å². The molecule has 0 saturated heterocycles. The molecule has 0 saturated carbocycles. The molecule has 0 aromatic heterocycles. The zero-order chi connectivity index (χ0) is 11.3. The van der Waals surface area contributed by atoms with Crippen molar-refractivity contribution in [1.29, 1.82) is 0 Å². The van der Waals surface area contributed by atoms with Gasteiger partial charge in [0.05, 0.1) is 20.3 Å². The van der Waals surface area contributed by atoms with E-state index in [4.69, 9.17) is 9.47 Å². The first kappa shape index (κ1) is 11.9. The Kier molecular flexibility index (Phi) is 4.43. The van der Waals surface area contributed by atoms with Crippen molar-refractivity contribution < 1.29 is 14.6 Å². The SMILES string of the molecule is COc1cc(CCC(C)O)cc(OC)c1. The maximum atomic E-state index is 9.20. The summed E-state index contributed by atoms with van der Waals surface area (Å²) in [6.07, 6.45) is 1.30. The van der Waals surface area contributed by atoms with E-state index in [0.29, 0.717) is 0 Å².